The first-order chi connectivity index (χ1) is 11.2. The van der Waals surface area contributed by atoms with Gasteiger partial charge in [0, 0.05) is 6.54 Å². The van der Waals surface area contributed by atoms with Gasteiger partial charge in [-0.1, -0.05) is 29.8 Å². The van der Waals surface area contributed by atoms with Gasteiger partial charge >= 0.3 is 0 Å². The van der Waals surface area contributed by atoms with Gasteiger partial charge in [0.15, 0.2) is 11.5 Å². The summed E-state index contributed by atoms with van der Waals surface area (Å²) in [5.41, 5.74) is 2.24. The van der Waals surface area contributed by atoms with Crippen molar-refractivity contribution in [1.82, 2.24) is 5.32 Å². The SMILES string of the molecule is COc1ccccc1CCNCc1cc(Cl)c(OC)c(OC)c1. The standard InChI is InChI=1S/C18H22ClNO3/c1-21-16-7-5-4-6-14(16)8-9-20-12-13-10-15(19)18(23-3)17(11-13)22-2/h4-7,10-11,20H,8-9,12H2,1-3H3. The summed E-state index contributed by atoms with van der Waals surface area (Å²) in [5, 5.41) is 3.96. The molecule has 0 spiro atoms. The minimum atomic E-state index is 0.549. The topological polar surface area (TPSA) is 39.7 Å². The van der Waals surface area contributed by atoms with Gasteiger partial charge in [0.2, 0.25) is 0 Å². The molecule has 0 saturated heterocycles. The lowest BCUT2D eigenvalue weighted by atomic mass is 10.1. The zero-order valence-electron chi connectivity index (χ0n) is 13.7. The number of ether oxygens (including phenoxy) is 3. The molecule has 0 aliphatic heterocycles. The van der Waals surface area contributed by atoms with Crippen LogP contribution in [-0.4, -0.2) is 27.9 Å². The molecule has 23 heavy (non-hydrogen) atoms. The fourth-order valence-electron chi connectivity index (χ4n) is 2.44. The minimum Gasteiger partial charge on any atom is -0.496 e. The molecule has 124 valence electrons. The van der Waals surface area contributed by atoms with Gasteiger partial charge in [-0.05, 0) is 42.3 Å². The first-order valence-electron chi connectivity index (χ1n) is 7.42. The van der Waals surface area contributed by atoms with Crippen molar-refractivity contribution < 1.29 is 14.2 Å². The number of methoxy groups -OCH3 is 3. The highest BCUT2D eigenvalue weighted by molar-refractivity contribution is 6.32. The number of hydrogen-bond donors (Lipinski definition) is 1. The van der Waals surface area contributed by atoms with Gasteiger partial charge in [0.05, 0.1) is 26.4 Å². The van der Waals surface area contributed by atoms with E-state index in [1.54, 1.807) is 21.3 Å². The zero-order chi connectivity index (χ0) is 16.7. The Morgan fingerprint density at radius 3 is 2.39 bits per heavy atom. The van der Waals surface area contributed by atoms with Crippen LogP contribution in [0.1, 0.15) is 11.1 Å². The lowest BCUT2D eigenvalue weighted by Gasteiger charge is -2.13. The fraction of sp³-hybridized carbons (Fsp3) is 0.333. The third-order valence-electron chi connectivity index (χ3n) is 3.59. The van der Waals surface area contributed by atoms with E-state index in [2.05, 4.69) is 11.4 Å². The minimum absolute atomic E-state index is 0.549. The quantitative estimate of drug-likeness (QED) is 0.747. The summed E-state index contributed by atoms with van der Waals surface area (Å²) in [4.78, 5) is 0. The zero-order valence-corrected chi connectivity index (χ0v) is 14.4. The molecule has 2 rings (SSSR count). The summed E-state index contributed by atoms with van der Waals surface area (Å²) >= 11 is 6.21. The Morgan fingerprint density at radius 1 is 0.957 bits per heavy atom. The molecular formula is C18H22ClNO3. The lowest BCUT2D eigenvalue weighted by molar-refractivity contribution is 0.354. The molecule has 0 aliphatic carbocycles. The van der Waals surface area contributed by atoms with Crippen molar-refractivity contribution in [2.75, 3.05) is 27.9 Å². The number of hydrogen-bond acceptors (Lipinski definition) is 4. The van der Waals surface area contributed by atoms with Crippen LogP contribution in [0.15, 0.2) is 36.4 Å². The molecule has 0 heterocycles. The Labute approximate surface area is 142 Å². The van der Waals surface area contributed by atoms with Crippen LogP contribution < -0.4 is 19.5 Å². The number of rotatable bonds is 8. The molecule has 2 aromatic carbocycles. The van der Waals surface area contributed by atoms with Crippen LogP contribution in [0, 0.1) is 0 Å². The highest BCUT2D eigenvalue weighted by Crippen LogP contribution is 2.35. The molecule has 0 fully saturated rings. The van der Waals surface area contributed by atoms with Crippen LogP contribution in [0.25, 0.3) is 0 Å². The van der Waals surface area contributed by atoms with E-state index in [1.807, 2.05) is 30.3 Å². The molecule has 0 unspecified atom stereocenters. The van der Waals surface area contributed by atoms with E-state index in [0.717, 1.165) is 24.3 Å². The van der Waals surface area contributed by atoms with Crippen molar-refractivity contribution in [3.05, 3.63) is 52.5 Å². The molecule has 0 atom stereocenters. The Kier molecular flexibility index (Phi) is 6.56. The van der Waals surface area contributed by atoms with E-state index in [0.29, 0.717) is 23.1 Å². The summed E-state index contributed by atoms with van der Waals surface area (Å²) in [6.45, 7) is 1.54. The van der Waals surface area contributed by atoms with E-state index in [9.17, 15) is 0 Å². The second kappa shape index (κ2) is 8.65. The Morgan fingerprint density at radius 2 is 1.70 bits per heavy atom. The molecule has 0 bridgehead atoms. The maximum absolute atomic E-state index is 6.21. The summed E-state index contributed by atoms with van der Waals surface area (Å²) in [6.07, 6.45) is 0.894. The van der Waals surface area contributed by atoms with Crippen LogP contribution >= 0.6 is 11.6 Å². The highest BCUT2D eigenvalue weighted by atomic mass is 35.5. The molecule has 0 aromatic heterocycles. The smallest absolute Gasteiger partial charge is 0.179 e. The van der Waals surface area contributed by atoms with Crippen molar-refractivity contribution in [2.45, 2.75) is 13.0 Å². The third kappa shape index (κ3) is 4.53. The van der Waals surface area contributed by atoms with Gasteiger partial charge in [-0.25, -0.2) is 0 Å². The molecule has 4 nitrogen and oxygen atoms in total. The van der Waals surface area contributed by atoms with Gasteiger partial charge in [-0.15, -0.1) is 0 Å². The van der Waals surface area contributed by atoms with Crippen LogP contribution in [-0.2, 0) is 13.0 Å². The number of para-hydroxylation sites is 1. The van der Waals surface area contributed by atoms with E-state index >= 15 is 0 Å². The fourth-order valence-corrected chi connectivity index (χ4v) is 2.75. The van der Waals surface area contributed by atoms with Crippen LogP contribution in [0.3, 0.4) is 0 Å². The van der Waals surface area contributed by atoms with E-state index in [4.69, 9.17) is 25.8 Å². The average molecular weight is 336 g/mol. The van der Waals surface area contributed by atoms with E-state index in [1.165, 1.54) is 5.56 Å². The highest BCUT2D eigenvalue weighted by Gasteiger charge is 2.10. The molecule has 0 amide bonds. The monoisotopic (exact) mass is 335 g/mol. The van der Waals surface area contributed by atoms with Crippen molar-refractivity contribution in [2.24, 2.45) is 0 Å². The van der Waals surface area contributed by atoms with Gasteiger partial charge in [-0.2, -0.15) is 0 Å². The third-order valence-corrected chi connectivity index (χ3v) is 3.87. The van der Waals surface area contributed by atoms with Crippen LogP contribution in [0.2, 0.25) is 5.02 Å². The molecule has 1 N–H and O–H groups in total. The van der Waals surface area contributed by atoms with Gasteiger partial charge < -0.3 is 19.5 Å². The van der Waals surface area contributed by atoms with Crippen LogP contribution in [0.4, 0.5) is 0 Å². The normalized spacial score (nSPS) is 10.4. The molecular weight excluding hydrogens is 314 g/mol. The van der Waals surface area contributed by atoms with Gasteiger partial charge in [-0.3, -0.25) is 0 Å². The molecule has 0 aliphatic rings. The second-order valence-corrected chi connectivity index (χ2v) is 5.46. The predicted molar refractivity (Wildman–Crippen MR) is 93.0 cm³/mol. The largest absolute Gasteiger partial charge is 0.496 e. The molecule has 2 aromatic rings. The Hall–Kier alpha value is -1.91. The number of benzene rings is 2. The van der Waals surface area contributed by atoms with Gasteiger partial charge in [0.25, 0.3) is 0 Å². The lowest BCUT2D eigenvalue weighted by Crippen LogP contribution is -2.17. The van der Waals surface area contributed by atoms with Crippen molar-refractivity contribution >= 4 is 11.6 Å². The number of nitrogens with one attached hydrogen (secondary N) is 1. The maximum Gasteiger partial charge on any atom is 0.179 e. The molecule has 5 heteroatoms. The Bertz CT molecular complexity index is 646. The first kappa shape index (κ1) is 17.4. The summed E-state index contributed by atoms with van der Waals surface area (Å²) in [7, 11) is 4.87. The van der Waals surface area contributed by atoms with Crippen molar-refractivity contribution in [3.63, 3.8) is 0 Å². The molecule has 0 radical (unpaired) electrons. The van der Waals surface area contributed by atoms with Crippen molar-refractivity contribution in [1.29, 1.82) is 0 Å². The average Bonchev–Trinajstić information content (AvgIpc) is 2.58. The van der Waals surface area contributed by atoms with Crippen LogP contribution in [0.5, 0.6) is 17.2 Å². The predicted octanol–water partition coefficient (Wildman–Crippen LogP) is 3.70. The summed E-state index contributed by atoms with van der Waals surface area (Å²) < 4.78 is 15.9. The molecule has 0 saturated carbocycles. The maximum atomic E-state index is 6.21. The van der Waals surface area contributed by atoms with E-state index in [-0.39, 0.29) is 0 Å². The first-order valence-corrected chi connectivity index (χ1v) is 7.80. The number of halogens is 1. The second-order valence-electron chi connectivity index (χ2n) is 5.05. The van der Waals surface area contributed by atoms with Gasteiger partial charge in [0.1, 0.15) is 5.75 Å². The van der Waals surface area contributed by atoms with E-state index < -0.39 is 0 Å². The summed E-state index contributed by atoms with van der Waals surface area (Å²) in [6, 6.07) is 11.9. The van der Waals surface area contributed by atoms with Crippen molar-refractivity contribution in [3.8, 4) is 17.2 Å². The summed E-state index contributed by atoms with van der Waals surface area (Å²) in [5.74, 6) is 2.12. The Balaban J connectivity index is 1.93.